The van der Waals surface area contributed by atoms with Gasteiger partial charge in [0.1, 0.15) is 5.78 Å². The van der Waals surface area contributed by atoms with Gasteiger partial charge < -0.3 is 5.21 Å². The Morgan fingerprint density at radius 1 is 0.895 bits per heavy atom. The van der Waals surface area contributed by atoms with Crippen LogP contribution in [0.4, 0.5) is 0 Å². The molecule has 0 aromatic rings. The number of oxime groups is 1. The number of carbonyl (C=O) groups is 1. The highest BCUT2D eigenvalue weighted by molar-refractivity contribution is 5.91. The van der Waals surface area contributed by atoms with E-state index in [-0.39, 0.29) is 12.2 Å². The maximum atomic E-state index is 11.3. The largest absolute Gasteiger partial charge is 0.411 e. The molecule has 0 rings (SSSR count). The predicted molar refractivity (Wildman–Crippen MR) is 81.0 cm³/mol. The normalized spacial score (nSPS) is 11.2. The van der Waals surface area contributed by atoms with Gasteiger partial charge in [-0.15, -0.1) is 5.16 Å². The summed E-state index contributed by atoms with van der Waals surface area (Å²) >= 11 is 0. The molecule has 0 aliphatic rings. The Labute approximate surface area is 118 Å². The Morgan fingerprint density at radius 3 is 1.84 bits per heavy atom. The van der Waals surface area contributed by atoms with Gasteiger partial charge in [0.05, 0.1) is 6.21 Å². The first kappa shape index (κ1) is 18.1. The lowest BCUT2D eigenvalue weighted by Gasteiger charge is -2.02. The van der Waals surface area contributed by atoms with E-state index in [2.05, 4.69) is 12.1 Å². The first-order chi connectivity index (χ1) is 9.31. The first-order valence-corrected chi connectivity index (χ1v) is 7.98. The smallest absolute Gasteiger partial charge is 0.138 e. The molecule has 0 radical (unpaired) electrons. The monoisotopic (exact) mass is 269 g/mol. The molecule has 0 aromatic carbocycles. The Bertz CT molecular complexity index is 227. The molecule has 0 bridgehead atoms. The van der Waals surface area contributed by atoms with Crippen molar-refractivity contribution in [1.29, 1.82) is 0 Å². The molecule has 0 fully saturated rings. The lowest BCUT2D eigenvalue weighted by Crippen LogP contribution is -1.98. The number of nitrogens with zero attached hydrogens (tertiary/aromatic N) is 1. The van der Waals surface area contributed by atoms with Crippen LogP contribution in [0.2, 0.25) is 0 Å². The summed E-state index contributed by atoms with van der Waals surface area (Å²) in [7, 11) is 0. The molecule has 112 valence electrons. The summed E-state index contributed by atoms with van der Waals surface area (Å²) in [5.41, 5.74) is 0. The van der Waals surface area contributed by atoms with Crippen molar-refractivity contribution in [3.8, 4) is 0 Å². The maximum Gasteiger partial charge on any atom is 0.138 e. The molecule has 0 atom stereocenters. The summed E-state index contributed by atoms with van der Waals surface area (Å²) in [4.78, 5) is 11.3. The van der Waals surface area contributed by atoms with Crippen LogP contribution in [0.15, 0.2) is 5.16 Å². The molecular formula is C16H31NO2. The zero-order valence-corrected chi connectivity index (χ0v) is 12.6. The Morgan fingerprint density at radius 2 is 1.37 bits per heavy atom. The molecule has 0 aliphatic heterocycles. The van der Waals surface area contributed by atoms with Crippen LogP contribution in [0.25, 0.3) is 0 Å². The van der Waals surface area contributed by atoms with Crippen molar-refractivity contribution < 1.29 is 10.0 Å². The van der Waals surface area contributed by atoms with E-state index in [0.29, 0.717) is 6.42 Å². The molecule has 0 saturated carbocycles. The van der Waals surface area contributed by atoms with Crippen molar-refractivity contribution in [3.63, 3.8) is 0 Å². The molecule has 0 unspecified atom stereocenters. The molecule has 0 saturated heterocycles. The number of unbranched alkanes of at least 4 members (excludes halogenated alkanes) is 10. The van der Waals surface area contributed by atoms with Gasteiger partial charge >= 0.3 is 0 Å². The SMILES string of the molecule is CCCCCCCCCCCCCC(=O)CC=NO. The maximum absolute atomic E-state index is 11.3. The van der Waals surface area contributed by atoms with Gasteiger partial charge in [-0.1, -0.05) is 71.1 Å². The number of carbonyl (C=O) groups excluding carboxylic acids is 1. The predicted octanol–water partition coefficient (Wildman–Crippen LogP) is 5.11. The second-order valence-corrected chi connectivity index (χ2v) is 5.33. The van der Waals surface area contributed by atoms with Gasteiger partial charge in [0.15, 0.2) is 0 Å². The van der Waals surface area contributed by atoms with E-state index >= 15 is 0 Å². The zero-order chi connectivity index (χ0) is 14.2. The Balaban J connectivity index is 3.08. The molecule has 19 heavy (non-hydrogen) atoms. The number of ketones is 1. The highest BCUT2D eigenvalue weighted by Crippen LogP contribution is 2.12. The third kappa shape index (κ3) is 15.1. The summed E-state index contributed by atoms with van der Waals surface area (Å²) in [5, 5.41) is 11.0. The van der Waals surface area contributed by atoms with Crippen LogP contribution in [0.3, 0.4) is 0 Å². The van der Waals surface area contributed by atoms with E-state index in [1.165, 1.54) is 64.0 Å². The van der Waals surface area contributed by atoms with Crippen LogP contribution in [0.5, 0.6) is 0 Å². The van der Waals surface area contributed by atoms with E-state index in [1.807, 2.05) is 0 Å². The highest BCUT2D eigenvalue weighted by Gasteiger charge is 1.99. The first-order valence-electron chi connectivity index (χ1n) is 7.98. The van der Waals surface area contributed by atoms with Gasteiger partial charge in [-0.25, -0.2) is 0 Å². The Hall–Kier alpha value is -0.860. The molecule has 1 N–H and O–H groups in total. The fourth-order valence-corrected chi connectivity index (χ4v) is 2.23. The van der Waals surface area contributed by atoms with Crippen LogP contribution in [-0.4, -0.2) is 17.2 Å². The average molecular weight is 269 g/mol. The van der Waals surface area contributed by atoms with Crippen LogP contribution in [0, 0.1) is 0 Å². The molecule has 0 spiro atoms. The average Bonchev–Trinajstić information content (AvgIpc) is 2.42. The van der Waals surface area contributed by atoms with Crippen molar-refractivity contribution in [3.05, 3.63) is 0 Å². The minimum atomic E-state index is 0.175. The van der Waals surface area contributed by atoms with Crippen molar-refractivity contribution >= 4 is 12.0 Å². The molecule has 3 heteroatoms. The summed E-state index contributed by atoms with van der Waals surface area (Å²) < 4.78 is 0. The third-order valence-electron chi connectivity index (χ3n) is 3.46. The number of hydrogen-bond donors (Lipinski definition) is 1. The Kier molecular flexibility index (Phi) is 14.5. The van der Waals surface area contributed by atoms with E-state index in [9.17, 15) is 4.79 Å². The fraction of sp³-hybridized carbons (Fsp3) is 0.875. The van der Waals surface area contributed by atoms with Crippen molar-refractivity contribution in [2.45, 2.75) is 90.4 Å². The zero-order valence-electron chi connectivity index (χ0n) is 12.6. The second kappa shape index (κ2) is 15.2. The lowest BCUT2D eigenvalue weighted by molar-refractivity contribution is -0.118. The van der Waals surface area contributed by atoms with Crippen molar-refractivity contribution in [2.24, 2.45) is 5.16 Å². The molecule has 0 amide bonds. The highest BCUT2D eigenvalue weighted by atomic mass is 16.4. The topological polar surface area (TPSA) is 49.7 Å². The van der Waals surface area contributed by atoms with Crippen molar-refractivity contribution in [2.75, 3.05) is 0 Å². The van der Waals surface area contributed by atoms with Gasteiger partial charge in [0.25, 0.3) is 0 Å². The van der Waals surface area contributed by atoms with E-state index in [1.54, 1.807) is 0 Å². The van der Waals surface area contributed by atoms with Gasteiger partial charge in [-0.05, 0) is 6.42 Å². The van der Waals surface area contributed by atoms with Gasteiger partial charge in [0.2, 0.25) is 0 Å². The number of Topliss-reactive ketones (excluding diaryl/α,β-unsaturated/α-hetero) is 1. The quantitative estimate of drug-likeness (QED) is 0.206. The lowest BCUT2D eigenvalue weighted by atomic mass is 10.0. The molecule has 3 nitrogen and oxygen atoms in total. The van der Waals surface area contributed by atoms with Gasteiger partial charge in [0, 0.05) is 12.8 Å². The third-order valence-corrected chi connectivity index (χ3v) is 3.46. The van der Waals surface area contributed by atoms with Gasteiger partial charge in [-0.2, -0.15) is 0 Å². The van der Waals surface area contributed by atoms with Crippen LogP contribution >= 0.6 is 0 Å². The molecular weight excluding hydrogens is 238 g/mol. The minimum Gasteiger partial charge on any atom is -0.411 e. The summed E-state index contributed by atoms with van der Waals surface area (Å²) in [5.74, 6) is 0.175. The van der Waals surface area contributed by atoms with Crippen LogP contribution in [-0.2, 0) is 4.79 Å². The van der Waals surface area contributed by atoms with Crippen LogP contribution in [0.1, 0.15) is 90.4 Å². The van der Waals surface area contributed by atoms with Crippen molar-refractivity contribution in [1.82, 2.24) is 0 Å². The number of hydrogen-bond acceptors (Lipinski definition) is 3. The fourth-order valence-electron chi connectivity index (χ4n) is 2.23. The molecule has 0 aliphatic carbocycles. The molecule has 0 aromatic heterocycles. The minimum absolute atomic E-state index is 0.175. The number of rotatable bonds is 14. The van der Waals surface area contributed by atoms with E-state index < -0.39 is 0 Å². The van der Waals surface area contributed by atoms with E-state index in [4.69, 9.17) is 5.21 Å². The summed E-state index contributed by atoms with van der Waals surface area (Å²) in [6.07, 6.45) is 16.5. The second-order valence-electron chi connectivity index (χ2n) is 5.33. The van der Waals surface area contributed by atoms with Crippen LogP contribution < -0.4 is 0 Å². The van der Waals surface area contributed by atoms with Gasteiger partial charge in [-0.3, -0.25) is 4.79 Å². The molecule has 0 heterocycles. The summed E-state index contributed by atoms with van der Waals surface area (Å²) in [6.45, 7) is 2.25. The standard InChI is InChI=1S/C16H31NO2/c1-2-3-4-5-6-7-8-9-10-11-12-13-16(18)14-15-17-19/h15,19H,2-14H2,1H3. The van der Waals surface area contributed by atoms with E-state index in [0.717, 1.165) is 12.8 Å². The summed E-state index contributed by atoms with van der Waals surface area (Å²) in [6, 6.07) is 0.